The van der Waals surface area contributed by atoms with Crippen molar-refractivity contribution in [3.63, 3.8) is 0 Å². The average molecular weight is 281 g/mol. The van der Waals surface area contributed by atoms with Gasteiger partial charge in [0.05, 0.1) is 0 Å². The Morgan fingerprint density at radius 2 is 2.00 bits per heavy atom. The quantitative estimate of drug-likeness (QED) is 0.611. The summed E-state index contributed by atoms with van der Waals surface area (Å²) in [5.74, 6) is -0.268. The first-order valence-corrected chi connectivity index (χ1v) is 6.47. The average Bonchev–Trinajstić information content (AvgIpc) is 2.15. The Kier molecular flexibility index (Phi) is 4.02. The van der Waals surface area contributed by atoms with Gasteiger partial charge in [0.1, 0.15) is 0 Å². The number of benzene rings is 1. The Bertz CT molecular complexity index is 306. The van der Waals surface area contributed by atoms with Gasteiger partial charge in [-0.25, -0.2) is 0 Å². The van der Waals surface area contributed by atoms with Crippen LogP contribution in [0.2, 0.25) is 0 Å². The molecule has 66 valence electrons. The molecule has 1 rings (SSSR count). The second kappa shape index (κ2) is 5.07. The molecular weight excluding hydrogens is 271 g/mol. The fourth-order valence-electron chi connectivity index (χ4n) is 0.699. The first-order chi connectivity index (χ1) is 6.20. The van der Waals surface area contributed by atoms with Crippen LogP contribution in [-0.4, -0.2) is 27.5 Å². The van der Waals surface area contributed by atoms with E-state index in [1.807, 2.05) is 30.3 Å². The van der Waals surface area contributed by atoms with Crippen LogP contribution >= 0.6 is 0 Å². The van der Waals surface area contributed by atoms with Gasteiger partial charge in [-0.2, -0.15) is 0 Å². The Morgan fingerprint density at radius 3 is 2.54 bits per heavy atom. The Balaban J connectivity index is 2.44. The van der Waals surface area contributed by atoms with Gasteiger partial charge < -0.3 is 0 Å². The summed E-state index contributed by atoms with van der Waals surface area (Å²) in [7, 11) is 0. The maximum absolute atomic E-state index is 11.0. The molecule has 0 unspecified atom stereocenters. The van der Waals surface area contributed by atoms with E-state index in [2.05, 4.69) is 6.58 Å². The van der Waals surface area contributed by atoms with Gasteiger partial charge in [-0.05, 0) is 0 Å². The molecule has 0 spiro atoms. The SMILES string of the molecule is C=C(C)C(=O)[O][Sn][c]1ccccc1. The molecule has 0 aromatic heterocycles. The molecule has 0 aliphatic rings. The van der Waals surface area contributed by atoms with Crippen molar-refractivity contribution in [3.8, 4) is 0 Å². The third-order valence-corrected chi connectivity index (χ3v) is 3.83. The van der Waals surface area contributed by atoms with Crippen LogP contribution in [0.15, 0.2) is 42.5 Å². The molecule has 0 saturated heterocycles. The third kappa shape index (κ3) is 3.63. The minimum absolute atomic E-state index is 0.268. The third-order valence-electron chi connectivity index (χ3n) is 1.38. The van der Waals surface area contributed by atoms with Crippen LogP contribution in [0.3, 0.4) is 0 Å². The van der Waals surface area contributed by atoms with Gasteiger partial charge >= 0.3 is 88.4 Å². The number of carbonyl (C=O) groups is 1. The van der Waals surface area contributed by atoms with Crippen LogP contribution < -0.4 is 3.58 Å². The molecule has 2 radical (unpaired) electrons. The summed E-state index contributed by atoms with van der Waals surface area (Å²) in [6.07, 6.45) is 0. The zero-order valence-corrected chi connectivity index (χ0v) is 10.3. The van der Waals surface area contributed by atoms with Crippen LogP contribution in [0, 0.1) is 0 Å². The van der Waals surface area contributed by atoms with Gasteiger partial charge in [-0.15, -0.1) is 0 Å². The Labute approximate surface area is 88.4 Å². The summed E-state index contributed by atoms with van der Waals surface area (Å²) in [6.45, 7) is 5.18. The molecule has 0 heterocycles. The number of hydrogen-bond acceptors (Lipinski definition) is 2. The normalized spacial score (nSPS) is 9.31. The fraction of sp³-hybridized carbons (Fsp3) is 0.100. The summed E-state index contributed by atoms with van der Waals surface area (Å²) in [6, 6.07) is 9.81. The van der Waals surface area contributed by atoms with Gasteiger partial charge in [0.15, 0.2) is 0 Å². The van der Waals surface area contributed by atoms with Gasteiger partial charge in [0, 0.05) is 0 Å². The molecule has 0 aliphatic carbocycles. The van der Waals surface area contributed by atoms with Gasteiger partial charge in [0.2, 0.25) is 0 Å². The summed E-state index contributed by atoms with van der Waals surface area (Å²) >= 11 is -1.19. The molecule has 0 fully saturated rings. The van der Waals surface area contributed by atoms with E-state index in [9.17, 15) is 4.79 Å². The molecule has 1 aromatic carbocycles. The van der Waals surface area contributed by atoms with E-state index in [1.54, 1.807) is 6.92 Å². The molecular formula is C10H10O2Sn. The first kappa shape index (κ1) is 10.3. The van der Waals surface area contributed by atoms with Crippen molar-refractivity contribution in [2.24, 2.45) is 0 Å². The van der Waals surface area contributed by atoms with Crippen LogP contribution in [0.5, 0.6) is 0 Å². The summed E-state index contributed by atoms with van der Waals surface area (Å²) < 4.78 is 6.27. The Hall–Kier alpha value is -0.771. The monoisotopic (exact) mass is 282 g/mol. The molecule has 1 aromatic rings. The molecule has 0 saturated carbocycles. The predicted molar refractivity (Wildman–Crippen MR) is 52.7 cm³/mol. The zero-order chi connectivity index (χ0) is 9.68. The van der Waals surface area contributed by atoms with Crippen molar-refractivity contribution >= 4 is 31.1 Å². The Morgan fingerprint density at radius 1 is 1.38 bits per heavy atom. The van der Waals surface area contributed by atoms with E-state index in [0.29, 0.717) is 5.57 Å². The fourth-order valence-corrected chi connectivity index (χ4v) is 2.73. The summed E-state index contributed by atoms with van der Waals surface area (Å²) in [4.78, 5) is 11.0. The molecule has 0 amide bonds. The number of hydrogen-bond donors (Lipinski definition) is 0. The van der Waals surface area contributed by atoms with Crippen molar-refractivity contribution in [2.45, 2.75) is 6.92 Å². The van der Waals surface area contributed by atoms with Gasteiger partial charge in [0.25, 0.3) is 0 Å². The number of rotatable bonds is 3. The van der Waals surface area contributed by atoms with Crippen LogP contribution in [-0.2, 0) is 7.87 Å². The molecule has 3 heteroatoms. The molecule has 0 bridgehead atoms. The second-order valence-corrected chi connectivity index (χ2v) is 5.45. The molecule has 2 nitrogen and oxygen atoms in total. The van der Waals surface area contributed by atoms with E-state index in [4.69, 9.17) is 3.07 Å². The van der Waals surface area contributed by atoms with E-state index < -0.39 is 21.6 Å². The van der Waals surface area contributed by atoms with E-state index in [1.165, 1.54) is 0 Å². The van der Waals surface area contributed by atoms with E-state index >= 15 is 0 Å². The molecule has 0 aliphatic heterocycles. The maximum atomic E-state index is 11.0. The predicted octanol–water partition coefficient (Wildman–Crippen LogP) is 1.05. The van der Waals surface area contributed by atoms with Crippen molar-refractivity contribution in [3.05, 3.63) is 42.5 Å². The van der Waals surface area contributed by atoms with Crippen molar-refractivity contribution in [2.75, 3.05) is 0 Å². The van der Waals surface area contributed by atoms with Crippen molar-refractivity contribution < 1.29 is 7.87 Å². The van der Waals surface area contributed by atoms with Crippen molar-refractivity contribution in [1.82, 2.24) is 0 Å². The first-order valence-electron chi connectivity index (χ1n) is 3.88. The van der Waals surface area contributed by atoms with Crippen LogP contribution in [0.1, 0.15) is 6.92 Å². The minimum atomic E-state index is -1.19. The topological polar surface area (TPSA) is 26.3 Å². The van der Waals surface area contributed by atoms with E-state index in [0.717, 1.165) is 3.58 Å². The van der Waals surface area contributed by atoms with Gasteiger partial charge in [-0.1, -0.05) is 0 Å². The molecule has 0 N–H and O–H groups in total. The summed E-state index contributed by atoms with van der Waals surface area (Å²) in [5.41, 5.74) is 0.469. The molecule has 0 atom stereocenters. The van der Waals surface area contributed by atoms with Crippen molar-refractivity contribution in [1.29, 1.82) is 0 Å². The zero-order valence-electron chi connectivity index (χ0n) is 7.41. The van der Waals surface area contributed by atoms with Gasteiger partial charge in [-0.3, -0.25) is 0 Å². The van der Waals surface area contributed by atoms with Crippen LogP contribution in [0.4, 0.5) is 0 Å². The molecule has 13 heavy (non-hydrogen) atoms. The summed E-state index contributed by atoms with van der Waals surface area (Å²) in [5, 5.41) is 0. The second-order valence-electron chi connectivity index (χ2n) is 2.64. The van der Waals surface area contributed by atoms with E-state index in [-0.39, 0.29) is 5.97 Å². The number of carbonyl (C=O) groups excluding carboxylic acids is 1. The standard InChI is InChI=1S/C6H5.C4H6O2.Sn/c1-2-4-6-5-3-1;1-3(2)4(5)6;/h1-5H;1H2,2H3,(H,5,6);/q;;+1/p-1. The van der Waals surface area contributed by atoms with Crippen LogP contribution in [0.25, 0.3) is 0 Å².